The van der Waals surface area contributed by atoms with E-state index in [0.717, 1.165) is 11.1 Å². The summed E-state index contributed by atoms with van der Waals surface area (Å²) in [7, 11) is 0. The van der Waals surface area contributed by atoms with E-state index in [9.17, 15) is 19.8 Å². The van der Waals surface area contributed by atoms with Crippen LogP contribution in [0.1, 0.15) is 35.2 Å². The van der Waals surface area contributed by atoms with E-state index in [4.69, 9.17) is 4.74 Å². The predicted molar refractivity (Wildman–Crippen MR) is 126 cm³/mol. The Balaban J connectivity index is 1.89. The number of carbonyl (C=O) groups is 2. The minimum absolute atomic E-state index is 0.00641. The lowest BCUT2D eigenvalue weighted by Crippen LogP contribution is -2.29. The molecular weight excluding hydrogens is 418 g/mol. The summed E-state index contributed by atoms with van der Waals surface area (Å²) in [5.74, 6) is -1.05. The minimum atomic E-state index is -0.848. The molecule has 1 aliphatic rings. The van der Waals surface area contributed by atoms with Gasteiger partial charge in [-0.05, 0) is 86.0 Å². The molecule has 168 valence electrons. The summed E-state index contributed by atoms with van der Waals surface area (Å²) in [4.78, 5) is 27.8. The van der Waals surface area contributed by atoms with E-state index < -0.39 is 17.7 Å². The Labute approximate surface area is 192 Å². The summed E-state index contributed by atoms with van der Waals surface area (Å²) in [6.45, 7) is 6.29. The maximum absolute atomic E-state index is 13.2. The largest absolute Gasteiger partial charge is 0.508 e. The van der Waals surface area contributed by atoms with Crippen molar-refractivity contribution >= 4 is 23.1 Å². The van der Waals surface area contributed by atoms with Gasteiger partial charge in [-0.1, -0.05) is 18.2 Å². The van der Waals surface area contributed by atoms with Gasteiger partial charge in [-0.15, -0.1) is 0 Å². The smallest absolute Gasteiger partial charge is 0.300 e. The van der Waals surface area contributed by atoms with E-state index in [1.807, 2.05) is 32.9 Å². The third-order valence-corrected chi connectivity index (χ3v) is 5.86. The zero-order valence-corrected chi connectivity index (χ0v) is 18.7. The Kier molecular flexibility index (Phi) is 5.92. The molecule has 1 atom stereocenters. The first-order valence-corrected chi connectivity index (χ1v) is 10.7. The average molecular weight is 443 g/mol. The third-order valence-electron chi connectivity index (χ3n) is 5.86. The Morgan fingerprint density at radius 3 is 2.21 bits per heavy atom. The molecule has 1 unspecified atom stereocenters. The number of Topliss-reactive ketones (excluding diaryl/α,β-unsaturated/α-hetero) is 1. The Bertz CT molecular complexity index is 1240. The molecule has 3 aromatic carbocycles. The van der Waals surface area contributed by atoms with Gasteiger partial charge in [0.2, 0.25) is 0 Å². The monoisotopic (exact) mass is 443 g/mol. The maximum atomic E-state index is 13.2. The number of phenolic OH excluding ortho intramolecular Hbond substituents is 1. The number of phenols is 1. The molecule has 0 radical (unpaired) electrons. The molecule has 0 aliphatic carbocycles. The van der Waals surface area contributed by atoms with Crippen LogP contribution in [0.4, 0.5) is 5.69 Å². The summed E-state index contributed by atoms with van der Waals surface area (Å²) in [6, 6.07) is 17.7. The van der Waals surface area contributed by atoms with Gasteiger partial charge in [0.15, 0.2) is 0 Å². The SMILES string of the molecule is CCOc1ccc(/C(O)=C2\C(=O)C(=O)N(c3ccc(C)c(C)c3)C2c2ccc(O)cc2)cc1. The first kappa shape index (κ1) is 22.1. The van der Waals surface area contributed by atoms with Gasteiger partial charge in [0, 0.05) is 11.3 Å². The topological polar surface area (TPSA) is 87.1 Å². The average Bonchev–Trinajstić information content (AvgIpc) is 3.07. The number of aryl methyl sites for hydroxylation is 2. The number of ketones is 1. The molecule has 1 aliphatic heterocycles. The van der Waals surface area contributed by atoms with Crippen molar-refractivity contribution in [3.8, 4) is 11.5 Å². The van der Waals surface area contributed by atoms with Crippen molar-refractivity contribution in [1.29, 1.82) is 0 Å². The number of hydrogen-bond donors (Lipinski definition) is 2. The molecule has 1 amide bonds. The van der Waals surface area contributed by atoms with Gasteiger partial charge in [0.25, 0.3) is 11.7 Å². The number of hydrogen-bond acceptors (Lipinski definition) is 5. The Hall–Kier alpha value is -4.06. The molecule has 1 fully saturated rings. The molecule has 0 spiro atoms. The zero-order valence-electron chi connectivity index (χ0n) is 18.7. The van der Waals surface area contributed by atoms with Gasteiger partial charge >= 0.3 is 0 Å². The quantitative estimate of drug-likeness (QED) is 0.328. The van der Waals surface area contributed by atoms with E-state index in [1.165, 1.54) is 17.0 Å². The number of ether oxygens (including phenoxy) is 1. The molecule has 6 heteroatoms. The van der Waals surface area contributed by atoms with Crippen molar-refractivity contribution in [2.24, 2.45) is 0 Å². The highest BCUT2D eigenvalue weighted by Gasteiger charge is 2.47. The molecule has 2 N–H and O–H groups in total. The molecule has 3 aromatic rings. The van der Waals surface area contributed by atoms with Gasteiger partial charge in [-0.25, -0.2) is 0 Å². The van der Waals surface area contributed by atoms with Gasteiger partial charge < -0.3 is 14.9 Å². The van der Waals surface area contributed by atoms with E-state index in [-0.39, 0.29) is 17.1 Å². The molecule has 4 rings (SSSR count). The molecule has 0 aromatic heterocycles. The van der Waals surface area contributed by atoms with Crippen LogP contribution < -0.4 is 9.64 Å². The number of rotatable bonds is 5. The highest BCUT2D eigenvalue weighted by Crippen LogP contribution is 2.42. The first-order chi connectivity index (χ1) is 15.8. The lowest BCUT2D eigenvalue weighted by Gasteiger charge is -2.26. The molecule has 1 heterocycles. The number of aliphatic hydroxyl groups is 1. The van der Waals surface area contributed by atoms with Crippen LogP contribution in [0.25, 0.3) is 5.76 Å². The predicted octanol–water partition coefficient (Wildman–Crippen LogP) is 5.03. The van der Waals surface area contributed by atoms with E-state index in [2.05, 4.69) is 0 Å². The number of aromatic hydroxyl groups is 1. The van der Waals surface area contributed by atoms with Crippen molar-refractivity contribution in [2.75, 3.05) is 11.5 Å². The summed E-state index contributed by atoms with van der Waals surface area (Å²) < 4.78 is 5.45. The standard InChI is InChI=1S/C27H25NO5/c1-4-33-22-13-8-19(9-14-22)25(30)23-24(18-6-11-21(29)12-7-18)28(27(32)26(23)31)20-10-5-16(2)17(3)15-20/h5-15,24,29-30H,4H2,1-3H3/b25-23+. The van der Waals surface area contributed by atoms with Gasteiger partial charge in [0.05, 0.1) is 18.2 Å². The van der Waals surface area contributed by atoms with Crippen LogP contribution in [0.5, 0.6) is 11.5 Å². The fraction of sp³-hybridized carbons (Fsp3) is 0.185. The van der Waals surface area contributed by atoms with Crippen molar-refractivity contribution in [3.05, 3.63) is 94.6 Å². The van der Waals surface area contributed by atoms with E-state index in [0.29, 0.717) is 29.2 Å². The second kappa shape index (κ2) is 8.82. The van der Waals surface area contributed by atoms with E-state index in [1.54, 1.807) is 42.5 Å². The molecule has 0 saturated carbocycles. The van der Waals surface area contributed by atoms with Crippen molar-refractivity contribution in [3.63, 3.8) is 0 Å². The number of amides is 1. The van der Waals surface area contributed by atoms with Crippen LogP contribution in [-0.4, -0.2) is 28.5 Å². The number of aliphatic hydroxyl groups excluding tert-OH is 1. The summed E-state index contributed by atoms with van der Waals surface area (Å²) in [5, 5.41) is 20.9. The second-order valence-corrected chi connectivity index (χ2v) is 7.99. The number of nitrogens with zero attached hydrogens (tertiary/aromatic N) is 1. The lowest BCUT2D eigenvalue weighted by atomic mass is 9.95. The molecular formula is C27H25NO5. The summed E-state index contributed by atoms with van der Waals surface area (Å²) >= 11 is 0. The molecule has 1 saturated heterocycles. The highest BCUT2D eigenvalue weighted by atomic mass is 16.5. The number of anilines is 1. The molecule has 33 heavy (non-hydrogen) atoms. The van der Waals surface area contributed by atoms with Gasteiger partial charge in [-0.3, -0.25) is 14.5 Å². The number of benzene rings is 3. The van der Waals surface area contributed by atoms with Crippen molar-refractivity contribution in [1.82, 2.24) is 0 Å². The fourth-order valence-electron chi connectivity index (χ4n) is 3.98. The van der Waals surface area contributed by atoms with E-state index >= 15 is 0 Å². The van der Waals surface area contributed by atoms with Gasteiger partial charge in [-0.2, -0.15) is 0 Å². The zero-order chi connectivity index (χ0) is 23.7. The fourth-order valence-corrected chi connectivity index (χ4v) is 3.98. The lowest BCUT2D eigenvalue weighted by molar-refractivity contribution is -0.132. The molecule has 6 nitrogen and oxygen atoms in total. The van der Waals surface area contributed by atoms with Crippen LogP contribution in [0.15, 0.2) is 72.3 Å². The highest BCUT2D eigenvalue weighted by molar-refractivity contribution is 6.51. The second-order valence-electron chi connectivity index (χ2n) is 7.99. The minimum Gasteiger partial charge on any atom is -0.508 e. The van der Waals surface area contributed by atoms with Crippen molar-refractivity contribution in [2.45, 2.75) is 26.8 Å². The van der Waals surface area contributed by atoms with Crippen LogP contribution in [0.2, 0.25) is 0 Å². The van der Waals surface area contributed by atoms with Crippen LogP contribution in [0.3, 0.4) is 0 Å². The van der Waals surface area contributed by atoms with Crippen LogP contribution in [-0.2, 0) is 9.59 Å². The Morgan fingerprint density at radius 1 is 0.939 bits per heavy atom. The molecule has 0 bridgehead atoms. The summed E-state index contributed by atoms with van der Waals surface area (Å²) in [6.07, 6.45) is 0. The normalized spacial score (nSPS) is 17.4. The van der Waals surface area contributed by atoms with Crippen LogP contribution >= 0.6 is 0 Å². The first-order valence-electron chi connectivity index (χ1n) is 10.7. The van der Waals surface area contributed by atoms with Crippen molar-refractivity contribution < 1.29 is 24.5 Å². The maximum Gasteiger partial charge on any atom is 0.300 e. The van der Waals surface area contributed by atoms with Crippen LogP contribution in [0, 0.1) is 13.8 Å². The summed E-state index contributed by atoms with van der Waals surface area (Å²) in [5.41, 5.74) is 3.59. The van der Waals surface area contributed by atoms with Gasteiger partial charge in [0.1, 0.15) is 17.3 Å². The third kappa shape index (κ3) is 4.07. The Morgan fingerprint density at radius 2 is 1.61 bits per heavy atom. The number of carbonyl (C=O) groups excluding carboxylic acids is 2.